The lowest BCUT2D eigenvalue weighted by molar-refractivity contribution is -0.125. The number of benzene rings is 3. The Labute approximate surface area is 263 Å². The average molecular weight is 622 g/mol. The molecule has 0 fully saturated rings. The van der Waals surface area contributed by atoms with Gasteiger partial charge in [0.15, 0.2) is 23.1 Å². The lowest BCUT2D eigenvalue weighted by Gasteiger charge is -2.25. The maximum atomic E-state index is 13.4. The molecule has 0 saturated heterocycles. The van der Waals surface area contributed by atoms with Gasteiger partial charge in [-0.15, -0.1) is 10.2 Å². The van der Waals surface area contributed by atoms with E-state index in [1.165, 1.54) is 4.90 Å². The highest BCUT2D eigenvalue weighted by Gasteiger charge is 2.30. The summed E-state index contributed by atoms with van der Waals surface area (Å²) in [6.07, 6.45) is -1.67. The molecule has 2 heterocycles. The van der Waals surface area contributed by atoms with Crippen LogP contribution < -0.4 is 16.1 Å². The van der Waals surface area contributed by atoms with Gasteiger partial charge in [-0.2, -0.15) is 5.21 Å². The van der Waals surface area contributed by atoms with Crippen LogP contribution in [0.5, 0.6) is 0 Å². The third-order valence-corrected chi connectivity index (χ3v) is 7.38. The molecule has 0 spiro atoms. The van der Waals surface area contributed by atoms with E-state index in [0.717, 1.165) is 23.3 Å². The Kier molecular flexibility index (Phi) is 9.73. The first-order chi connectivity index (χ1) is 22.2. The maximum Gasteiger partial charge on any atom is 0.289 e. The van der Waals surface area contributed by atoms with E-state index < -0.39 is 41.1 Å². The molecule has 3 aromatic carbocycles. The van der Waals surface area contributed by atoms with Crippen molar-refractivity contribution in [2.24, 2.45) is 0 Å². The Morgan fingerprint density at radius 1 is 0.935 bits per heavy atom. The summed E-state index contributed by atoms with van der Waals surface area (Å²) < 4.78 is 5.62. The summed E-state index contributed by atoms with van der Waals surface area (Å²) in [5, 5.41) is 30.2. The van der Waals surface area contributed by atoms with Crippen LogP contribution in [0.4, 0.5) is 5.69 Å². The van der Waals surface area contributed by atoms with E-state index in [1.807, 2.05) is 43.3 Å². The molecule has 5 aromatic rings. The van der Waals surface area contributed by atoms with Crippen LogP contribution in [-0.4, -0.2) is 67.5 Å². The van der Waals surface area contributed by atoms with Crippen LogP contribution in [0.15, 0.2) is 106 Å². The van der Waals surface area contributed by atoms with Gasteiger partial charge in [-0.05, 0) is 41.8 Å². The molecule has 0 unspecified atom stereocenters. The Balaban J connectivity index is 1.35. The van der Waals surface area contributed by atoms with Gasteiger partial charge < -0.3 is 25.1 Å². The predicted molar refractivity (Wildman–Crippen MR) is 168 cm³/mol. The quantitative estimate of drug-likeness (QED) is 0.172. The van der Waals surface area contributed by atoms with Crippen molar-refractivity contribution in [3.63, 3.8) is 0 Å². The number of aliphatic hydroxyl groups excluding tert-OH is 1. The van der Waals surface area contributed by atoms with Gasteiger partial charge in [0.05, 0.1) is 12.1 Å². The van der Waals surface area contributed by atoms with Crippen LogP contribution in [0.2, 0.25) is 0 Å². The Morgan fingerprint density at radius 2 is 1.63 bits per heavy atom. The van der Waals surface area contributed by atoms with Crippen LogP contribution >= 0.6 is 0 Å². The molecule has 4 N–H and O–H groups in total. The van der Waals surface area contributed by atoms with Gasteiger partial charge >= 0.3 is 0 Å². The van der Waals surface area contributed by atoms with E-state index >= 15 is 0 Å². The highest BCUT2D eigenvalue weighted by molar-refractivity contribution is 5.97. The zero-order chi connectivity index (χ0) is 32.6. The number of carbonyl (C=O) groups is 3. The number of aromatic nitrogens is 4. The number of anilines is 1. The number of nitrogens with one attached hydrogen (secondary N) is 3. The number of nitrogens with zero attached hydrogens (tertiary/aromatic N) is 4. The van der Waals surface area contributed by atoms with Gasteiger partial charge in [-0.25, -0.2) is 0 Å². The molecule has 3 amide bonds. The highest BCUT2D eigenvalue weighted by atomic mass is 16.4. The number of rotatable bonds is 11. The van der Waals surface area contributed by atoms with Gasteiger partial charge in [0.1, 0.15) is 0 Å². The molecule has 0 saturated carbocycles. The van der Waals surface area contributed by atoms with Crippen LogP contribution in [0.25, 0.3) is 11.4 Å². The minimum absolute atomic E-state index is 0.0598. The van der Waals surface area contributed by atoms with Crippen LogP contribution in [-0.2, 0) is 11.2 Å². The molecule has 0 aliphatic carbocycles. The lowest BCUT2D eigenvalue weighted by atomic mass is 10.00. The second-order valence-corrected chi connectivity index (χ2v) is 10.5. The summed E-state index contributed by atoms with van der Waals surface area (Å²) in [7, 11) is 1.56. The second-order valence-electron chi connectivity index (χ2n) is 10.5. The summed E-state index contributed by atoms with van der Waals surface area (Å²) >= 11 is 0. The number of hydrogen-bond donors (Lipinski definition) is 4. The molecular formula is C33H31N7O6. The Morgan fingerprint density at radius 3 is 2.33 bits per heavy atom. The smallest absolute Gasteiger partial charge is 0.289 e. The fourth-order valence-corrected chi connectivity index (χ4v) is 4.77. The third kappa shape index (κ3) is 7.57. The number of H-pyrrole nitrogens is 1. The van der Waals surface area contributed by atoms with Crippen molar-refractivity contribution in [3.05, 3.63) is 130 Å². The average Bonchev–Trinajstić information content (AvgIpc) is 3.63. The molecule has 2 aromatic heterocycles. The summed E-state index contributed by atoms with van der Waals surface area (Å²) in [5.74, 6) is -2.76. The molecule has 13 nitrogen and oxygen atoms in total. The van der Waals surface area contributed by atoms with Crippen molar-refractivity contribution in [2.45, 2.75) is 31.5 Å². The minimum atomic E-state index is -1.73. The van der Waals surface area contributed by atoms with Gasteiger partial charge in [0.2, 0.25) is 5.82 Å². The maximum absolute atomic E-state index is 13.4. The zero-order valence-corrected chi connectivity index (χ0v) is 25.0. The first-order valence-electron chi connectivity index (χ1n) is 14.3. The van der Waals surface area contributed by atoms with Crippen LogP contribution in [0.3, 0.4) is 0 Å². The molecule has 46 heavy (non-hydrogen) atoms. The number of aliphatic hydroxyl groups is 1. The monoisotopic (exact) mass is 621 g/mol. The molecule has 0 aliphatic heterocycles. The van der Waals surface area contributed by atoms with E-state index in [4.69, 9.17) is 4.42 Å². The molecule has 0 aliphatic rings. The predicted octanol–water partition coefficient (Wildman–Crippen LogP) is 2.99. The van der Waals surface area contributed by atoms with Crippen molar-refractivity contribution in [1.29, 1.82) is 0 Å². The van der Waals surface area contributed by atoms with E-state index in [1.54, 1.807) is 55.6 Å². The van der Waals surface area contributed by atoms with Gasteiger partial charge in [0, 0.05) is 30.4 Å². The molecule has 0 radical (unpaired) electrons. The standard InChI is InChI=1S/C33H31N7O6/c1-20(22-12-7-4-8-13-22)40(2)33(45)28-19-25(41)18-27(46-28)31(43)35-26(16-21-10-5-3-6-11-21)29(42)32(44)34-24-15-9-14-23(17-24)30-36-38-39-37-30/h3-15,17-20,26,29,42H,16H2,1-2H3,(H,34,44)(H,35,43)(H,36,37,38,39)/t20-,26+,29+/m1/s1. The first kappa shape index (κ1) is 31.5. The SMILES string of the molecule is C[C@H](c1ccccc1)N(C)C(=O)c1cc(=O)cc(C(=O)N[C@@H](Cc2ccccc2)[C@H](O)C(=O)Nc2cccc(-c3nn[nH]n3)c2)o1. The fraction of sp³-hybridized carbons (Fsp3) is 0.182. The Hall–Kier alpha value is -5.95. The molecule has 0 bridgehead atoms. The first-order valence-corrected chi connectivity index (χ1v) is 14.3. The van der Waals surface area contributed by atoms with Crippen molar-refractivity contribution < 1.29 is 23.9 Å². The number of amides is 3. The fourth-order valence-electron chi connectivity index (χ4n) is 4.77. The zero-order valence-electron chi connectivity index (χ0n) is 25.0. The van der Waals surface area contributed by atoms with Crippen molar-refractivity contribution >= 4 is 23.4 Å². The van der Waals surface area contributed by atoms with Crippen molar-refractivity contribution in [2.75, 3.05) is 12.4 Å². The van der Waals surface area contributed by atoms with E-state index in [0.29, 0.717) is 17.1 Å². The topological polar surface area (TPSA) is 183 Å². The van der Waals surface area contributed by atoms with Crippen molar-refractivity contribution in [1.82, 2.24) is 30.8 Å². The molecule has 234 valence electrons. The normalized spacial score (nSPS) is 12.8. The third-order valence-electron chi connectivity index (χ3n) is 7.38. The Bertz CT molecular complexity index is 1860. The van der Waals surface area contributed by atoms with E-state index in [2.05, 4.69) is 31.3 Å². The van der Waals surface area contributed by atoms with Crippen LogP contribution in [0, 0.1) is 0 Å². The molecule has 5 rings (SSSR count). The summed E-state index contributed by atoms with van der Waals surface area (Å²) in [5.41, 5.74) is 1.89. The molecule has 13 heteroatoms. The van der Waals surface area contributed by atoms with Crippen molar-refractivity contribution in [3.8, 4) is 11.4 Å². The highest BCUT2D eigenvalue weighted by Crippen LogP contribution is 2.21. The number of aromatic amines is 1. The lowest BCUT2D eigenvalue weighted by Crippen LogP contribution is -2.50. The largest absolute Gasteiger partial charge is 0.445 e. The van der Waals surface area contributed by atoms with E-state index in [9.17, 15) is 24.3 Å². The second kappa shape index (κ2) is 14.2. The molecular weight excluding hydrogens is 590 g/mol. The van der Waals surface area contributed by atoms with Gasteiger partial charge in [-0.3, -0.25) is 19.2 Å². The number of carbonyl (C=O) groups excluding carboxylic acids is 3. The number of hydrogen-bond acceptors (Lipinski definition) is 9. The number of tetrazole rings is 1. The van der Waals surface area contributed by atoms with Gasteiger partial charge in [-0.1, -0.05) is 72.8 Å². The van der Waals surface area contributed by atoms with Gasteiger partial charge in [0.25, 0.3) is 17.7 Å². The van der Waals surface area contributed by atoms with Crippen LogP contribution in [0.1, 0.15) is 45.2 Å². The summed E-state index contributed by atoms with van der Waals surface area (Å²) in [6, 6.07) is 25.3. The molecule has 3 atom stereocenters. The van der Waals surface area contributed by atoms with E-state index in [-0.39, 0.29) is 18.2 Å². The summed E-state index contributed by atoms with van der Waals surface area (Å²) in [4.78, 5) is 53.9. The minimum Gasteiger partial charge on any atom is -0.445 e. The summed E-state index contributed by atoms with van der Waals surface area (Å²) in [6.45, 7) is 1.82.